The highest BCUT2D eigenvalue weighted by Gasteiger charge is 2.81. The van der Waals surface area contributed by atoms with Crippen molar-refractivity contribution in [2.45, 2.75) is 98.4 Å². The van der Waals surface area contributed by atoms with Gasteiger partial charge in [0.25, 0.3) is 0 Å². The number of rotatable bonds is 0. The van der Waals surface area contributed by atoms with Crippen LogP contribution in [0.25, 0.3) is 0 Å². The molecule has 6 aliphatic rings. The van der Waals surface area contributed by atoms with Crippen LogP contribution in [0.5, 0.6) is 0 Å². The lowest BCUT2D eigenvalue weighted by Crippen LogP contribution is -2.64. The van der Waals surface area contributed by atoms with E-state index in [1.165, 1.54) is 0 Å². The van der Waals surface area contributed by atoms with Crippen LogP contribution in [-0.2, 0) is 23.9 Å². The molecule has 0 aromatic carbocycles. The molecule has 7 heteroatoms. The lowest BCUT2D eigenvalue weighted by molar-refractivity contribution is -0.159. The van der Waals surface area contributed by atoms with Gasteiger partial charge in [0.1, 0.15) is 17.5 Å². The molecule has 5 aliphatic carbocycles. The molecule has 11 atom stereocenters. The van der Waals surface area contributed by atoms with Gasteiger partial charge in [-0.3, -0.25) is 19.2 Å². The van der Waals surface area contributed by atoms with E-state index >= 15 is 0 Å². The molecule has 1 spiro atoms. The van der Waals surface area contributed by atoms with E-state index in [1.807, 2.05) is 48.5 Å². The first-order valence-corrected chi connectivity index (χ1v) is 14.0. The minimum atomic E-state index is -1.43. The van der Waals surface area contributed by atoms with E-state index in [1.54, 1.807) is 0 Å². The molecule has 7 nitrogen and oxygen atoms in total. The number of carbonyl (C=O) groups excluding carboxylic acids is 4. The first-order valence-electron chi connectivity index (χ1n) is 14.0. The summed E-state index contributed by atoms with van der Waals surface area (Å²) in [4.78, 5) is 54.5. The summed E-state index contributed by atoms with van der Waals surface area (Å²) in [7, 11) is 0. The molecule has 1 aliphatic heterocycles. The summed E-state index contributed by atoms with van der Waals surface area (Å²) in [5, 5.41) is 23.7. The Bertz CT molecular complexity index is 1200. The monoisotopic (exact) mass is 512 g/mol. The lowest BCUT2D eigenvalue weighted by atomic mass is 9.42. The predicted octanol–water partition coefficient (Wildman–Crippen LogP) is 3.19. The molecule has 6 rings (SSSR count). The van der Waals surface area contributed by atoms with Crippen LogP contribution in [0, 0.1) is 51.2 Å². The van der Waals surface area contributed by atoms with Crippen LogP contribution in [-0.4, -0.2) is 51.3 Å². The smallest absolute Gasteiger partial charge is 0.309 e. The highest BCUT2D eigenvalue weighted by Crippen LogP contribution is 2.75. The first kappa shape index (κ1) is 25.4. The molecule has 0 aromatic rings. The molecular weight excluding hydrogens is 472 g/mol. The molecule has 1 heterocycles. The van der Waals surface area contributed by atoms with Gasteiger partial charge in [-0.25, -0.2) is 0 Å². The largest absolute Gasteiger partial charge is 0.458 e. The number of aliphatic hydroxyl groups is 2. The number of ketones is 3. The average molecular weight is 513 g/mol. The summed E-state index contributed by atoms with van der Waals surface area (Å²) in [5.74, 6) is -2.38. The fraction of sp³-hybridized carbons (Fsp3) is 0.800. The molecule has 0 bridgehead atoms. The average Bonchev–Trinajstić information content (AvgIpc) is 3.33. The Morgan fingerprint density at radius 3 is 2.19 bits per heavy atom. The fourth-order valence-corrected chi connectivity index (χ4v) is 10.8. The normalized spacial score (nSPS) is 54.2. The van der Waals surface area contributed by atoms with Crippen molar-refractivity contribution >= 4 is 23.3 Å². The van der Waals surface area contributed by atoms with Crippen molar-refractivity contribution in [2.75, 3.05) is 0 Å². The highest BCUT2D eigenvalue weighted by atomic mass is 16.6. The molecule has 0 radical (unpaired) electrons. The predicted molar refractivity (Wildman–Crippen MR) is 133 cm³/mol. The maximum absolute atomic E-state index is 14.8. The summed E-state index contributed by atoms with van der Waals surface area (Å²) >= 11 is 0. The second kappa shape index (κ2) is 7.01. The van der Waals surface area contributed by atoms with Crippen molar-refractivity contribution in [1.82, 2.24) is 0 Å². The number of aliphatic hydroxyl groups excluding tert-OH is 2. The summed E-state index contributed by atoms with van der Waals surface area (Å²) in [6.07, 6.45) is -0.460. The van der Waals surface area contributed by atoms with Gasteiger partial charge in [0.15, 0.2) is 11.6 Å². The van der Waals surface area contributed by atoms with E-state index in [2.05, 4.69) is 0 Å². The van der Waals surface area contributed by atoms with E-state index in [0.717, 1.165) is 0 Å². The van der Waals surface area contributed by atoms with Crippen LogP contribution in [0.1, 0.15) is 80.6 Å². The van der Waals surface area contributed by atoms with Gasteiger partial charge < -0.3 is 14.9 Å². The van der Waals surface area contributed by atoms with Gasteiger partial charge in [0.05, 0.1) is 23.4 Å². The SMILES string of the molecule is CC1CC2(CC(C)C3C2C(=O)C2(C)C4=C(C(=O)C(O)C32C)C2(C)CCC(=O)C(C)(C)C2CC4O)OC1=O. The molecule has 0 amide bonds. The number of hydrogen-bond acceptors (Lipinski definition) is 7. The third kappa shape index (κ3) is 2.53. The Balaban J connectivity index is 1.59. The van der Waals surface area contributed by atoms with Crippen LogP contribution in [0.2, 0.25) is 0 Å². The van der Waals surface area contributed by atoms with E-state index in [4.69, 9.17) is 4.74 Å². The van der Waals surface area contributed by atoms with Gasteiger partial charge in [-0.15, -0.1) is 0 Å². The third-order valence-electron chi connectivity index (χ3n) is 12.6. The summed E-state index contributed by atoms with van der Waals surface area (Å²) in [5.41, 5.74) is -4.01. The Morgan fingerprint density at radius 1 is 0.946 bits per heavy atom. The quantitative estimate of drug-likeness (QED) is 0.479. The summed E-state index contributed by atoms with van der Waals surface area (Å²) in [6, 6.07) is 0. The number of ether oxygens (including phenoxy) is 1. The molecule has 11 unspecified atom stereocenters. The number of fused-ring (bicyclic) bond motifs is 7. The number of carbonyl (C=O) groups is 4. The number of esters is 1. The van der Waals surface area contributed by atoms with Gasteiger partial charge in [0.2, 0.25) is 0 Å². The molecule has 1 saturated heterocycles. The molecular formula is C30H40O7. The van der Waals surface area contributed by atoms with E-state index < -0.39 is 51.2 Å². The van der Waals surface area contributed by atoms with Crippen molar-refractivity contribution in [3.63, 3.8) is 0 Å². The van der Waals surface area contributed by atoms with Crippen LogP contribution < -0.4 is 0 Å². The van der Waals surface area contributed by atoms with Crippen molar-refractivity contribution in [3.05, 3.63) is 11.1 Å². The topological polar surface area (TPSA) is 118 Å². The molecule has 37 heavy (non-hydrogen) atoms. The van der Waals surface area contributed by atoms with E-state index in [0.29, 0.717) is 43.3 Å². The molecule has 4 fully saturated rings. The minimum Gasteiger partial charge on any atom is -0.458 e. The number of hydrogen-bond donors (Lipinski definition) is 2. The Morgan fingerprint density at radius 2 is 1.59 bits per heavy atom. The zero-order valence-electron chi connectivity index (χ0n) is 23.0. The first-order chi connectivity index (χ1) is 17.0. The minimum absolute atomic E-state index is 0.0567. The van der Waals surface area contributed by atoms with Crippen LogP contribution in [0.4, 0.5) is 0 Å². The van der Waals surface area contributed by atoms with Crippen LogP contribution in [0.3, 0.4) is 0 Å². The van der Waals surface area contributed by atoms with Crippen molar-refractivity contribution in [2.24, 2.45) is 51.2 Å². The molecule has 0 aromatic heterocycles. The summed E-state index contributed by atoms with van der Waals surface area (Å²) in [6.45, 7) is 13.3. The maximum atomic E-state index is 14.8. The molecule has 2 N–H and O–H groups in total. The second-order valence-electron chi connectivity index (χ2n) is 14.5. The van der Waals surface area contributed by atoms with Crippen LogP contribution in [0.15, 0.2) is 11.1 Å². The van der Waals surface area contributed by atoms with Gasteiger partial charge in [-0.2, -0.15) is 0 Å². The van der Waals surface area contributed by atoms with Gasteiger partial charge in [-0.05, 0) is 49.5 Å². The van der Waals surface area contributed by atoms with Gasteiger partial charge >= 0.3 is 5.97 Å². The standard InChI is InChI=1S/C30H40O7/c1-13-11-30(12-14(2)25(36)37-30)21-18(13)28(6)24(35)22(33)20-19(29(28,7)23(21)34)15(31)10-16-26(3,4)17(32)8-9-27(16,20)5/h13-16,18,21,24,31,35H,8-12H2,1-7H3. The van der Waals surface area contributed by atoms with Crippen molar-refractivity contribution < 1.29 is 34.1 Å². The third-order valence-corrected chi connectivity index (χ3v) is 12.6. The van der Waals surface area contributed by atoms with Crippen molar-refractivity contribution in [1.29, 1.82) is 0 Å². The fourth-order valence-electron chi connectivity index (χ4n) is 10.8. The van der Waals surface area contributed by atoms with Gasteiger partial charge in [-0.1, -0.05) is 41.5 Å². The zero-order valence-corrected chi connectivity index (χ0v) is 23.0. The van der Waals surface area contributed by atoms with E-state index in [-0.39, 0.29) is 41.2 Å². The Labute approximate surface area is 218 Å². The second-order valence-corrected chi connectivity index (χ2v) is 14.5. The molecule has 3 saturated carbocycles. The van der Waals surface area contributed by atoms with Gasteiger partial charge in [0, 0.05) is 34.7 Å². The zero-order chi connectivity index (χ0) is 27.2. The maximum Gasteiger partial charge on any atom is 0.309 e. The van der Waals surface area contributed by atoms with Crippen molar-refractivity contribution in [3.8, 4) is 0 Å². The van der Waals surface area contributed by atoms with Crippen LogP contribution >= 0.6 is 0 Å². The molecule has 202 valence electrons. The van der Waals surface area contributed by atoms with E-state index in [9.17, 15) is 29.4 Å². The lowest BCUT2D eigenvalue weighted by Gasteiger charge is -2.61. The number of Topliss-reactive ketones (excluding diaryl/α,β-unsaturated/α-hetero) is 3. The summed E-state index contributed by atoms with van der Waals surface area (Å²) < 4.78 is 6.00. The highest BCUT2D eigenvalue weighted by molar-refractivity contribution is 6.09. The Hall–Kier alpha value is -1.86. The Kier molecular flexibility index (Phi) is 4.82.